The van der Waals surface area contributed by atoms with Crippen molar-refractivity contribution in [2.45, 2.75) is 45.1 Å². The first-order valence-corrected chi connectivity index (χ1v) is 18.1. The van der Waals surface area contributed by atoms with Crippen molar-refractivity contribution < 1.29 is 41.2 Å². The summed E-state index contributed by atoms with van der Waals surface area (Å²) in [6.45, 7) is 1.79. The van der Waals surface area contributed by atoms with Crippen molar-refractivity contribution in [1.82, 2.24) is 0 Å². The molecule has 0 amide bonds. The number of carbonyl (C=O) groups excluding carboxylic acids is 2. The third kappa shape index (κ3) is 10.8. The predicted molar refractivity (Wildman–Crippen MR) is 161 cm³/mol. The molecule has 3 aromatic rings. The standard InChI is InChI=1S/C29H33N2O4Se2.H2O4S/c1-34-28(32)18-7-9-20-30-22-12-3-5-14-24(22)36-26(30)16-11-17-27-31(21-10-8-19-29(33)35-2)23-13-4-6-15-25(23)37-27;1-5(2,3)4/h3-6,11-17H,7-10,18-21H2,1-2H3;(H2,1,2,3,4)/q+1;/p-1. The van der Waals surface area contributed by atoms with Crippen molar-refractivity contribution in [3.63, 3.8) is 0 Å². The first-order chi connectivity index (χ1) is 20.1. The van der Waals surface area contributed by atoms with E-state index in [4.69, 9.17) is 27.0 Å². The second-order valence-corrected chi connectivity index (χ2v) is 14.5. The maximum absolute atomic E-state index is 11.5. The number of aromatic nitrogens is 1. The number of benzene rings is 2. The van der Waals surface area contributed by atoms with Crippen molar-refractivity contribution in [1.29, 1.82) is 0 Å². The van der Waals surface area contributed by atoms with Crippen LogP contribution in [0.15, 0.2) is 65.3 Å². The minimum Gasteiger partial charge on any atom is -0.726 e. The Morgan fingerprint density at radius 1 is 0.976 bits per heavy atom. The molecule has 1 aromatic heterocycles. The molecule has 0 saturated carbocycles. The predicted octanol–water partition coefficient (Wildman–Crippen LogP) is 2.58. The van der Waals surface area contributed by atoms with Gasteiger partial charge in [0.05, 0.1) is 0 Å². The van der Waals surface area contributed by atoms with Crippen LogP contribution < -0.4 is 13.9 Å². The summed E-state index contributed by atoms with van der Waals surface area (Å²) in [5.74, 6) is -0.285. The number of esters is 2. The molecule has 13 heteroatoms. The number of rotatable bonds is 12. The first kappa shape index (κ1) is 33.7. The van der Waals surface area contributed by atoms with Crippen LogP contribution in [0.4, 0.5) is 5.69 Å². The number of fused-ring (bicyclic) bond motifs is 2. The van der Waals surface area contributed by atoms with Gasteiger partial charge in [0.1, 0.15) is 0 Å². The van der Waals surface area contributed by atoms with Gasteiger partial charge in [0.15, 0.2) is 0 Å². The van der Waals surface area contributed by atoms with Crippen LogP contribution in [-0.2, 0) is 36.0 Å². The molecule has 0 unspecified atom stereocenters. The van der Waals surface area contributed by atoms with Crippen LogP contribution >= 0.6 is 0 Å². The number of carbonyl (C=O) groups is 2. The van der Waals surface area contributed by atoms with E-state index in [-0.39, 0.29) is 41.4 Å². The fourth-order valence-corrected chi connectivity index (χ4v) is 8.93. The molecule has 0 bridgehead atoms. The number of unbranched alkanes of at least 4 members (excludes halogenated alkanes) is 2. The summed E-state index contributed by atoms with van der Waals surface area (Å²) < 4.78 is 50.3. The Hall–Kier alpha value is -2.76. The third-order valence-corrected chi connectivity index (χ3v) is 11.0. The molecule has 42 heavy (non-hydrogen) atoms. The van der Waals surface area contributed by atoms with E-state index in [2.05, 4.69) is 76.2 Å². The zero-order chi connectivity index (χ0) is 30.5. The van der Waals surface area contributed by atoms with Gasteiger partial charge in [0.2, 0.25) is 10.4 Å². The van der Waals surface area contributed by atoms with Crippen LogP contribution in [-0.4, -0.2) is 79.7 Å². The number of allylic oxidation sites excluding steroid dienone is 2. The van der Waals surface area contributed by atoms with E-state index in [1.807, 2.05) is 0 Å². The minimum atomic E-state index is -4.92. The van der Waals surface area contributed by atoms with Crippen LogP contribution in [0.1, 0.15) is 43.1 Å². The summed E-state index contributed by atoms with van der Waals surface area (Å²) in [5.41, 5.74) is 2.58. The van der Waals surface area contributed by atoms with Gasteiger partial charge in [-0.2, -0.15) is 0 Å². The molecule has 0 fully saturated rings. The topological polar surface area (TPSA) is 137 Å². The molecule has 4 rings (SSSR count). The second kappa shape index (κ2) is 16.8. The summed E-state index contributed by atoms with van der Waals surface area (Å²) >= 11 is 0.511. The quantitative estimate of drug-likeness (QED) is 0.0746. The largest absolute Gasteiger partial charge is 0.726 e. The molecule has 1 N–H and O–H groups in total. The van der Waals surface area contributed by atoms with E-state index >= 15 is 0 Å². The summed E-state index contributed by atoms with van der Waals surface area (Å²) in [7, 11) is -2.03. The van der Waals surface area contributed by atoms with E-state index in [9.17, 15) is 9.59 Å². The molecule has 226 valence electrons. The number of anilines is 1. The van der Waals surface area contributed by atoms with Crippen molar-refractivity contribution >= 4 is 77.8 Å². The number of para-hydroxylation sites is 2. The molecule has 0 atom stereocenters. The van der Waals surface area contributed by atoms with Crippen molar-refractivity contribution in [2.24, 2.45) is 0 Å². The third-order valence-electron chi connectivity index (χ3n) is 6.23. The van der Waals surface area contributed by atoms with Gasteiger partial charge in [-0.1, -0.05) is 0 Å². The van der Waals surface area contributed by atoms with E-state index in [0.29, 0.717) is 12.8 Å². The molecule has 0 saturated heterocycles. The van der Waals surface area contributed by atoms with E-state index < -0.39 is 10.4 Å². The molecule has 0 radical (unpaired) electrons. The van der Waals surface area contributed by atoms with Crippen LogP contribution in [0.3, 0.4) is 0 Å². The number of nitrogens with zero attached hydrogens (tertiary/aromatic N) is 2. The Morgan fingerprint density at radius 3 is 2.29 bits per heavy atom. The average Bonchev–Trinajstić information content (AvgIpc) is 3.49. The van der Waals surface area contributed by atoms with Crippen LogP contribution in [0.5, 0.6) is 0 Å². The van der Waals surface area contributed by atoms with Crippen LogP contribution in [0.25, 0.3) is 15.9 Å². The Bertz CT molecular complexity index is 1530. The second-order valence-electron chi connectivity index (χ2n) is 9.14. The summed E-state index contributed by atoms with van der Waals surface area (Å²) in [4.78, 5) is 25.4. The minimum absolute atomic E-state index is 0.143. The molecular formula is C29H34N2O8SSe2. The number of hydrogen-bond acceptors (Lipinski definition) is 8. The van der Waals surface area contributed by atoms with Gasteiger partial charge in [-0.15, -0.1) is 0 Å². The number of hydrogen-bond donors (Lipinski definition) is 1. The number of aryl methyl sites for hydroxylation is 1. The van der Waals surface area contributed by atoms with Crippen molar-refractivity contribution in [2.75, 3.05) is 25.7 Å². The van der Waals surface area contributed by atoms with Gasteiger partial charge in [-0.25, -0.2) is 8.42 Å². The average molecular weight is 729 g/mol. The first-order valence-electron chi connectivity index (χ1n) is 13.3. The molecule has 2 aromatic carbocycles. The Labute approximate surface area is 258 Å². The van der Waals surface area contributed by atoms with Gasteiger partial charge in [-0.3, -0.25) is 4.55 Å². The summed E-state index contributed by atoms with van der Waals surface area (Å²) in [6, 6.07) is 17.3. The van der Waals surface area contributed by atoms with Gasteiger partial charge in [0.25, 0.3) is 0 Å². The number of ether oxygens (including phenoxy) is 2. The van der Waals surface area contributed by atoms with Crippen LogP contribution in [0.2, 0.25) is 0 Å². The fourth-order valence-electron chi connectivity index (χ4n) is 4.31. The van der Waals surface area contributed by atoms with Crippen LogP contribution in [0, 0.1) is 0 Å². The molecule has 10 nitrogen and oxygen atoms in total. The van der Waals surface area contributed by atoms with Crippen molar-refractivity contribution in [3.05, 3.63) is 69.8 Å². The Kier molecular flexibility index (Phi) is 13.5. The van der Waals surface area contributed by atoms with E-state index in [0.717, 1.165) is 38.8 Å². The van der Waals surface area contributed by atoms with E-state index in [1.165, 1.54) is 43.3 Å². The van der Waals surface area contributed by atoms with Gasteiger partial charge in [0, 0.05) is 0 Å². The SMILES string of the molecule is COC(=O)CCCCN1/C(=C/C=C/c2[se]c3ccccc3[n+]2CCCCC(=O)OC)[Se]c2ccccc21.O=S(=O)([O-])O. The van der Waals surface area contributed by atoms with Gasteiger partial charge >= 0.3 is 232 Å². The zero-order valence-electron chi connectivity index (χ0n) is 23.4. The molecule has 2 heterocycles. The summed E-state index contributed by atoms with van der Waals surface area (Å²) in [5, 5.41) is 0. The molecule has 0 spiro atoms. The molecular weight excluding hydrogens is 694 g/mol. The fraction of sp³-hybridized carbons (Fsp3) is 0.345. The zero-order valence-corrected chi connectivity index (χ0v) is 27.7. The monoisotopic (exact) mass is 730 g/mol. The van der Waals surface area contributed by atoms with E-state index in [1.54, 1.807) is 0 Å². The number of methoxy groups -OCH3 is 2. The Morgan fingerprint density at radius 2 is 1.60 bits per heavy atom. The normalized spacial score (nSPS) is 13.7. The van der Waals surface area contributed by atoms with Gasteiger partial charge in [-0.05, 0) is 0 Å². The molecule has 1 aliphatic rings. The maximum Gasteiger partial charge on any atom is 0.215 e. The van der Waals surface area contributed by atoms with Crippen molar-refractivity contribution in [3.8, 4) is 0 Å². The molecule has 1 aliphatic heterocycles. The molecule has 0 aliphatic carbocycles. The Balaban J connectivity index is 0.000000892. The smallest absolute Gasteiger partial charge is 0.215 e. The maximum atomic E-state index is 11.5. The summed E-state index contributed by atoms with van der Waals surface area (Å²) in [6.07, 6.45) is 11.2. The van der Waals surface area contributed by atoms with Gasteiger partial charge < -0.3 is 4.55 Å².